The molecule has 0 aromatic heterocycles. The molecule has 1 N–H and O–H groups in total. The molecule has 0 aromatic rings. The van der Waals surface area contributed by atoms with Gasteiger partial charge in [-0.3, -0.25) is 0 Å². The zero-order valence-corrected chi connectivity index (χ0v) is 5.99. The maximum Gasteiger partial charge on any atom is 0.121 e. The minimum absolute atomic E-state index is 0.161. The summed E-state index contributed by atoms with van der Waals surface area (Å²) in [6.45, 7) is 2.49. The Morgan fingerprint density at radius 2 is 2.50 bits per heavy atom. The number of carbonyl (C=O) groups excluding carboxylic acids is 1. The molecule has 1 aliphatic heterocycles. The van der Waals surface area contributed by atoms with Gasteiger partial charge < -0.3 is 14.8 Å². The third-order valence-corrected chi connectivity index (χ3v) is 1.81. The fourth-order valence-electron chi connectivity index (χ4n) is 1.25. The molecule has 0 spiro atoms. The highest BCUT2D eigenvalue weighted by molar-refractivity contribution is 5.49. The monoisotopic (exact) mass is 143 g/mol. The lowest BCUT2D eigenvalue weighted by atomic mass is 10.3. The highest BCUT2D eigenvalue weighted by atomic mass is 16.3. The quantitative estimate of drug-likeness (QED) is 0.548. The second-order valence-electron chi connectivity index (χ2n) is 2.70. The van der Waals surface area contributed by atoms with Crippen molar-refractivity contribution in [2.45, 2.75) is 18.9 Å². The minimum atomic E-state index is -0.161. The van der Waals surface area contributed by atoms with Crippen LogP contribution in [0.25, 0.3) is 0 Å². The summed E-state index contributed by atoms with van der Waals surface area (Å²) >= 11 is 0. The highest BCUT2D eigenvalue weighted by Crippen LogP contribution is 2.07. The molecule has 0 saturated carbocycles. The number of likely N-dealkylation sites (tertiary alicyclic amines) is 1. The highest BCUT2D eigenvalue weighted by Gasteiger charge is 2.18. The van der Waals surface area contributed by atoms with Crippen molar-refractivity contribution in [3.05, 3.63) is 0 Å². The van der Waals surface area contributed by atoms with Crippen molar-refractivity contribution in [1.29, 1.82) is 0 Å². The lowest BCUT2D eigenvalue weighted by molar-refractivity contribution is -0.108. The Morgan fingerprint density at radius 1 is 1.70 bits per heavy atom. The molecule has 3 heteroatoms. The standard InChI is InChI=1S/C7H13NO2/c9-5-1-3-8-4-2-7(10)6-8/h5,7,10H,1-4,6H2. The molecule has 58 valence electrons. The zero-order chi connectivity index (χ0) is 7.40. The molecule has 10 heavy (non-hydrogen) atoms. The molecule has 1 fully saturated rings. The second kappa shape index (κ2) is 3.68. The van der Waals surface area contributed by atoms with Crippen molar-refractivity contribution in [3.63, 3.8) is 0 Å². The number of carbonyl (C=O) groups is 1. The molecule has 3 nitrogen and oxygen atoms in total. The van der Waals surface area contributed by atoms with E-state index in [0.717, 1.165) is 32.3 Å². The van der Waals surface area contributed by atoms with Crippen LogP contribution in [-0.4, -0.2) is 42.0 Å². The van der Waals surface area contributed by atoms with Gasteiger partial charge in [0.25, 0.3) is 0 Å². The van der Waals surface area contributed by atoms with Gasteiger partial charge in [0.05, 0.1) is 6.10 Å². The normalized spacial score (nSPS) is 27.1. The molecule has 0 aromatic carbocycles. The van der Waals surface area contributed by atoms with Crippen molar-refractivity contribution >= 4 is 6.29 Å². The lowest BCUT2D eigenvalue weighted by Crippen LogP contribution is -2.23. The Kier molecular flexibility index (Phi) is 2.83. The summed E-state index contributed by atoms with van der Waals surface area (Å²) in [5.41, 5.74) is 0. The maximum atomic E-state index is 9.95. The summed E-state index contributed by atoms with van der Waals surface area (Å²) in [6, 6.07) is 0. The molecule has 1 aliphatic rings. The van der Waals surface area contributed by atoms with Crippen LogP contribution in [0.1, 0.15) is 12.8 Å². The van der Waals surface area contributed by atoms with Gasteiger partial charge >= 0.3 is 0 Å². The predicted molar refractivity (Wildman–Crippen MR) is 37.7 cm³/mol. The SMILES string of the molecule is O=CCCN1CCC(O)C1. The van der Waals surface area contributed by atoms with Crippen LogP contribution in [0.15, 0.2) is 0 Å². The van der Waals surface area contributed by atoms with Crippen molar-refractivity contribution < 1.29 is 9.90 Å². The number of β-amino-alcohol motifs (C(OH)–C–C–N with tert-alkyl or cyclic N) is 1. The number of hydrogen-bond donors (Lipinski definition) is 1. The van der Waals surface area contributed by atoms with E-state index in [1.165, 1.54) is 0 Å². The average molecular weight is 143 g/mol. The number of nitrogens with zero attached hydrogens (tertiary/aromatic N) is 1. The van der Waals surface area contributed by atoms with Crippen LogP contribution in [0, 0.1) is 0 Å². The van der Waals surface area contributed by atoms with Gasteiger partial charge in [0.15, 0.2) is 0 Å². The van der Waals surface area contributed by atoms with Crippen LogP contribution in [-0.2, 0) is 4.79 Å². The van der Waals surface area contributed by atoms with Gasteiger partial charge in [-0.15, -0.1) is 0 Å². The van der Waals surface area contributed by atoms with E-state index in [9.17, 15) is 4.79 Å². The minimum Gasteiger partial charge on any atom is -0.392 e. The van der Waals surface area contributed by atoms with E-state index in [2.05, 4.69) is 4.90 Å². The van der Waals surface area contributed by atoms with Gasteiger partial charge in [0.1, 0.15) is 6.29 Å². The van der Waals surface area contributed by atoms with Crippen LogP contribution in [0.4, 0.5) is 0 Å². The number of hydrogen-bond acceptors (Lipinski definition) is 3. The van der Waals surface area contributed by atoms with Gasteiger partial charge in [-0.2, -0.15) is 0 Å². The van der Waals surface area contributed by atoms with Crippen molar-refractivity contribution in [3.8, 4) is 0 Å². The Bertz CT molecular complexity index is 116. The molecule has 0 amide bonds. The van der Waals surface area contributed by atoms with E-state index in [0.29, 0.717) is 6.42 Å². The molecule has 1 saturated heterocycles. The summed E-state index contributed by atoms with van der Waals surface area (Å²) in [7, 11) is 0. The van der Waals surface area contributed by atoms with Gasteiger partial charge in [-0.1, -0.05) is 0 Å². The smallest absolute Gasteiger partial charge is 0.121 e. The number of aldehydes is 1. The molecular formula is C7H13NO2. The third-order valence-electron chi connectivity index (χ3n) is 1.81. The first-order valence-electron chi connectivity index (χ1n) is 3.67. The molecule has 0 aliphatic carbocycles. The van der Waals surface area contributed by atoms with Gasteiger partial charge in [0.2, 0.25) is 0 Å². The summed E-state index contributed by atoms with van der Waals surface area (Å²) in [5.74, 6) is 0. The second-order valence-corrected chi connectivity index (χ2v) is 2.70. The van der Waals surface area contributed by atoms with Crippen LogP contribution in [0.3, 0.4) is 0 Å². The van der Waals surface area contributed by atoms with E-state index < -0.39 is 0 Å². The summed E-state index contributed by atoms with van der Waals surface area (Å²) in [5, 5.41) is 9.07. The first kappa shape index (κ1) is 7.69. The van der Waals surface area contributed by atoms with Crippen LogP contribution in [0.2, 0.25) is 0 Å². The van der Waals surface area contributed by atoms with Crippen molar-refractivity contribution in [2.24, 2.45) is 0 Å². The first-order valence-corrected chi connectivity index (χ1v) is 3.67. The Labute approximate surface area is 60.6 Å². The number of aliphatic hydroxyl groups excluding tert-OH is 1. The third kappa shape index (κ3) is 2.08. The lowest BCUT2D eigenvalue weighted by Gasteiger charge is -2.11. The van der Waals surface area contributed by atoms with Crippen molar-refractivity contribution in [2.75, 3.05) is 19.6 Å². The number of rotatable bonds is 3. The van der Waals surface area contributed by atoms with E-state index in [-0.39, 0.29) is 6.10 Å². The topological polar surface area (TPSA) is 40.5 Å². The van der Waals surface area contributed by atoms with E-state index in [1.807, 2.05) is 0 Å². The predicted octanol–water partition coefficient (Wildman–Crippen LogP) is -0.358. The van der Waals surface area contributed by atoms with Crippen LogP contribution >= 0.6 is 0 Å². The molecule has 0 bridgehead atoms. The fraction of sp³-hybridized carbons (Fsp3) is 0.857. The van der Waals surface area contributed by atoms with E-state index >= 15 is 0 Å². The van der Waals surface area contributed by atoms with Crippen molar-refractivity contribution in [1.82, 2.24) is 4.90 Å². The fourth-order valence-corrected chi connectivity index (χ4v) is 1.25. The van der Waals surface area contributed by atoms with Gasteiger partial charge in [-0.05, 0) is 6.42 Å². The van der Waals surface area contributed by atoms with Gasteiger partial charge in [0, 0.05) is 26.1 Å². The Balaban J connectivity index is 2.12. The molecule has 1 rings (SSSR count). The van der Waals surface area contributed by atoms with Crippen LogP contribution < -0.4 is 0 Å². The number of aliphatic hydroxyl groups is 1. The zero-order valence-electron chi connectivity index (χ0n) is 5.99. The summed E-state index contributed by atoms with van der Waals surface area (Å²) in [4.78, 5) is 12.1. The Morgan fingerprint density at radius 3 is 3.00 bits per heavy atom. The van der Waals surface area contributed by atoms with Gasteiger partial charge in [-0.25, -0.2) is 0 Å². The Hall–Kier alpha value is -0.410. The van der Waals surface area contributed by atoms with E-state index in [4.69, 9.17) is 5.11 Å². The molecule has 1 unspecified atom stereocenters. The molecule has 0 radical (unpaired) electrons. The summed E-state index contributed by atoms with van der Waals surface area (Å²) in [6.07, 6.45) is 2.21. The summed E-state index contributed by atoms with van der Waals surface area (Å²) < 4.78 is 0. The first-order chi connectivity index (χ1) is 4.83. The maximum absolute atomic E-state index is 9.95. The molecule has 1 atom stereocenters. The van der Waals surface area contributed by atoms with Crippen LogP contribution in [0.5, 0.6) is 0 Å². The molecule has 1 heterocycles. The largest absolute Gasteiger partial charge is 0.392 e. The molecular weight excluding hydrogens is 130 g/mol. The average Bonchev–Trinajstić information content (AvgIpc) is 2.31. The van der Waals surface area contributed by atoms with E-state index in [1.54, 1.807) is 0 Å².